The molecule has 0 radical (unpaired) electrons. The molecule has 1 saturated carbocycles. The lowest BCUT2D eigenvalue weighted by Crippen LogP contribution is -2.62. The third-order valence-electron chi connectivity index (χ3n) is 7.35. The second-order valence-electron chi connectivity index (χ2n) is 8.53. The van der Waals surface area contributed by atoms with E-state index in [0.717, 1.165) is 36.5 Å². The lowest BCUT2D eigenvalue weighted by atomic mass is 9.56. The van der Waals surface area contributed by atoms with Gasteiger partial charge in [-0.2, -0.15) is 0 Å². The molecule has 5 heterocycles. The number of rotatable bonds is 0. The van der Waals surface area contributed by atoms with Crippen molar-refractivity contribution in [2.75, 3.05) is 31.6 Å². The number of ether oxygens (including phenoxy) is 1. The largest absolute Gasteiger partial charge is 0.493 e. The monoisotopic (exact) mass is 362 g/mol. The Labute approximate surface area is 158 Å². The normalized spacial score (nSPS) is 36.8. The number of carbonyl (C=O) groups excluding carboxylic acids is 2. The molecule has 1 aliphatic carbocycles. The van der Waals surface area contributed by atoms with Crippen molar-refractivity contribution in [3.63, 3.8) is 0 Å². The Hall–Kier alpha value is -2.40. The van der Waals surface area contributed by atoms with E-state index in [2.05, 4.69) is 24.1 Å². The zero-order chi connectivity index (χ0) is 18.3. The summed E-state index contributed by atoms with van der Waals surface area (Å²) in [5.41, 5.74) is 2.62. The van der Waals surface area contributed by atoms with Crippen LogP contribution in [0, 0.1) is 11.8 Å². The van der Waals surface area contributed by atoms with Crippen molar-refractivity contribution < 1.29 is 14.3 Å². The summed E-state index contributed by atoms with van der Waals surface area (Å²) < 4.78 is 6.06. The second kappa shape index (κ2) is 5.10. The van der Waals surface area contributed by atoms with Crippen molar-refractivity contribution in [3.05, 3.63) is 53.3 Å². The molecule has 1 aromatic carbocycles. The Morgan fingerprint density at radius 2 is 2.07 bits per heavy atom. The number of hydrogen-bond acceptors (Lipinski definition) is 4. The molecule has 1 amide bonds. The summed E-state index contributed by atoms with van der Waals surface area (Å²) in [5, 5.41) is 0. The molecule has 5 nitrogen and oxygen atoms in total. The van der Waals surface area contributed by atoms with E-state index in [0.29, 0.717) is 18.8 Å². The van der Waals surface area contributed by atoms with Crippen LogP contribution in [0.15, 0.2) is 47.7 Å². The van der Waals surface area contributed by atoms with Crippen LogP contribution >= 0.6 is 0 Å². The molecular weight excluding hydrogens is 340 g/mol. The molecule has 4 unspecified atom stereocenters. The first-order chi connectivity index (χ1) is 13.1. The maximum Gasteiger partial charge on any atom is 0.254 e. The predicted octanol–water partition coefficient (Wildman–Crippen LogP) is 2.03. The number of para-hydroxylation sites is 1. The topological polar surface area (TPSA) is 49.9 Å². The fraction of sp³-hybridized carbons (Fsp3) is 0.455. The maximum absolute atomic E-state index is 13.7. The predicted molar refractivity (Wildman–Crippen MR) is 100 cm³/mol. The van der Waals surface area contributed by atoms with E-state index in [-0.39, 0.29) is 23.8 Å². The van der Waals surface area contributed by atoms with Crippen LogP contribution in [-0.2, 0) is 19.7 Å². The molecule has 1 spiro atoms. The molecule has 0 N–H and O–H groups in total. The minimum atomic E-state index is -0.621. The summed E-state index contributed by atoms with van der Waals surface area (Å²) >= 11 is 0. The molecule has 5 heteroatoms. The van der Waals surface area contributed by atoms with E-state index in [9.17, 15) is 9.59 Å². The van der Waals surface area contributed by atoms with Crippen LogP contribution < -0.4 is 4.90 Å². The Balaban J connectivity index is 1.69. The number of carbonyl (C=O) groups is 2. The zero-order valence-corrected chi connectivity index (χ0v) is 15.4. The quantitative estimate of drug-likeness (QED) is 0.663. The SMILES string of the molecule is CN1CCC23C(=O)CC4C(=CCOC5=CC(=O)N(c6ccccc62)C3C54)C1. The Kier molecular flexibility index (Phi) is 2.96. The van der Waals surface area contributed by atoms with Crippen molar-refractivity contribution >= 4 is 17.4 Å². The van der Waals surface area contributed by atoms with E-state index in [1.165, 1.54) is 5.57 Å². The van der Waals surface area contributed by atoms with Crippen LogP contribution in [0.4, 0.5) is 5.69 Å². The summed E-state index contributed by atoms with van der Waals surface area (Å²) in [6.45, 7) is 2.19. The van der Waals surface area contributed by atoms with Gasteiger partial charge < -0.3 is 14.5 Å². The highest BCUT2D eigenvalue weighted by atomic mass is 16.5. The number of benzene rings is 1. The standard InChI is InChI=1S/C22H22N2O3/c1-23-8-7-22-15-4-2-3-5-16(15)24-19(26)11-17-20(21(22)24)14(10-18(22)25)13(12-23)6-9-27-17/h2-6,11,14,20-21H,7-10,12H2,1H3. The minimum absolute atomic E-state index is 0.0509. The number of fused-ring (bicyclic) bond motifs is 6. The highest BCUT2D eigenvalue weighted by Crippen LogP contribution is 2.60. The van der Waals surface area contributed by atoms with Gasteiger partial charge in [0.1, 0.15) is 18.1 Å². The second-order valence-corrected chi connectivity index (χ2v) is 8.53. The number of ketones is 1. The highest BCUT2D eigenvalue weighted by Gasteiger charge is 2.66. The fourth-order valence-electron chi connectivity index (χ4n) is 6.26. The van der Waals surface area contributed by atoms with Gasteiger partial charge in [0.05, 0.1) is 11.5 Å². The number of Topliss-reactive ketones (excluding diaryl/α,β-unsaturated/α-hetero) is 1. The van der Waals surface area contributed by atoms with E-state index >= 15 is 0 Å². The van der Waals surface area contributed by atoms with Crippen LogP contribution in [0.25, 0.3) is 0 Å². The van der Waals surface area contributed by atoms with Gasteiger partial charge in [-0.15, -0.1) is 0 Å². The molecule has 27 heavy (non-hydrogen) atoms. The van der Waals surface area contributed by atoms with Gasteiger partial charge in [-0.05, 0) is 43.6 Å². The van der Waals surface area contributed by atoms with E-state index in [1.54, 1.807) is 6.08 Å². The van der Waals surface area contributed by atoms with E-state index in [4.69, 9.17) is 4.74 Å². The molecule has 7 rings (SSSR count). The van der Waals surface area contributed by atoms with Gasteiger partial charge in [0.25, 0.3) is 5.91 Å². The van der Waals surface area contributed by atoms with Crippen LogP contribution in [0.3, 0.4) is 0 Å². The average Bonchev–Trinajstić information content (AvgIpc) is 2.90. The van der Waals surface area contributed by atoms with Crippen molar-refractivity contribution in [1.82, 2.24) is 4.90 Å². The van der Waals surface area contributed by atoms with Gasteiger partial charge in [0.2, 0.25) is 0 Å². The minimum Gasteiger partial charge on any atom is -0.493 e. The molecule has 138 valence electrons. The Bertz CT molecular complexity index is 949. The molecule has 0 aromatic heterocycles. The first-order valence-corrected chi connectivity index (χ1v) is 9.79. The number of nitrogens with zero attached hydrogens (tertiary/aromatic N) is 2. The number of amides is 1. The Morgan fingerprint density at radius 1 is 1.22 bits per heavy atom. The van der Waals surface area contributed by atoms with Gasteiger partial charge in [-0.1, -0.05) is 23.8 Å². The summed E-state index contributed by atoms with van der Waals surface area (Å²) in [6.07, 6.45) is 5.10. The first kappa shape index (κ1) is 15.6. The van der Waals surface area contributed by atoms with Gasteiger partial charge >= 0.3 is 0 Å². The molecule has 5 aliphatic heterocycles. The van der Waals surface area contributed by atoms with E-state index in [1.807, 2.05) is 23.1 Å². The average molecular weight is 362 g/mol. The molecule has 6 aliphatic rings. The van der Waals surface area contributed by atoms with Gasteiger partial charge in [-0.3, -0.25) is 9.59 Å². The van der Waals surface area contributed by atoms with Crippen molar-refractivity contribution in [2.45, 2.75) is 24.3 Å². The Morgan fingerprint density at radius 3 is 2.96 bits per heavy atom. The van der Waals surface area contributed by atoms with Crippen molar-refractivity contribution in [1.29, 1.82) is 0 Å². The van der Waals surface area contributed by atoms with Crippen LogP contribution in [0.5, 0.6) is 0 Å². The molecule has 4 bridgehead atoms. The molecule has 2 saturated heterocycles. The summed E-state index contributed by atoms with van der Waals surface area (Å²) in [6, 6.07) is 7.85. The number of anilines is 1. The number of hydrogen-bond donors (Lipinski definition) is 0. The summed E-state index contributed by atoms with van der Waals surface area (Å²) in [4.78, 5) is 31.1. The third kappa shape index (κ3) is 1.78. The molecule has 1 aromatic rings. The fourth-order valence-corrected chi connectivity index (χ4v) is 6.26. The third-order valence-corrected chi connectivity index (χ3v) is 7.35. The van der Waals surface area contributed by atoms with Gasteiger partial charge in [-0.25, -0.2) is 0 Å². The number of likely N-dealkylation sites (N-methyl/N-ethyl adjacent to an activating group) is 1. The van der Waals surface area contributed by atoms with Crippen molar-refractivity contribution in [3.8, 4) is 0 Å². The van der Waals surface area contributed by atoms with E-state index < -0.39 is 5.41 Å². The molecule has 4 atom stereocenters. The van der Waals surface area contributed by atoms with Crippen LogP contribution in [0.1, 0.15) is 18.4 Å². The maximum atomic E-state index is 13.7. The van der Waals surface area contributed by atoms with Crippen LogP contribution in [0.2, 0.25) is 0 Å². The van der Waals surface area contributed by atoms with Crippen molar-refractivity contribution in [2.24, 2.45) is 11.8 Å². The van der Waals surface area contributed by atoms with Gasteiger partial charge in [0, 0.05) is 30.6 Å². The first-order valence-electron chi connectivity index (χ1n) is 9.79. The summed E-state index contributed by atoms with van der Waals surface area (Å²) in [5.74, 6) is 1.21. The molecule has 3 fully saturated rings. The lowest BCUT2D eigenvalue weighted by Gasteiger charge is -2.50. The highest BCUT2D eigenvalue weighted by molar-refractivity contribution is 6.10. The van der Waals surface area contributed by atoms with Crippen LogP contribution in [-0.4, -0.2) is 49.4 Å². The molecular formula is C22H22N2O3. The zero-order valence-electron chi connectivity index (χ0n) is 15.4. The van der Waals surface area contributed by atoms with Gasteiger partial charge in [0.15, 0.2) is 0 Å². The summed E-state index contributed by atoms with van der Waals surface area (Å²) in [7, 11) is 2.13. The smallest absolute Gasteiger partial charge is 0.254 e. The lowest BCUT2D eigenvalue weighted by molar-refractivity contribution is -0.131.